The molecule has 2 heterocycles. The second-order valence-corrected chi connectivity index (χ2v) is 5.00. The third-order valence-corrected chi connectivity index (χ3v) is 3.11. The van der Waals surface area contributed by atoms with Crippen LogP contribution >= 0.6 is 0 Å². The highest BCUT2D eigenvalue weighted by atomic mass is 16.3. The van der Waals surface area contributed by atoms with Crippen molar-refractivity contribution < 1.29 is 5.11 Å². The van der Waals surface area contributed by atoms with E-state index in [9.17, 15) is 5.11 Å². The summed E-state index contributed by atoms with van der Waals surface area (Å²) in [4.78, 5) is 10.8. The van der Waals surface area contributed by atoms with Crippen molar-refractivity contribution in [2.75, 3.05) is 11.4 Å². The predicted molar refractivity (Wildman–Crippen MR) is 63.4 cm³/mol. The fourth-order valence-corrected chi connectivity index (χ4v) is 2.31. The van der Waals surface area contributed by atoms with Crippen molar-refractivity contribution in [3.63, 3.8) is 0 Å². The SMILES string of the molecule is Cc1ccnc(N2CCC[C@H]2C(C)(C)O)n1. The Balaban J connectivity index is 2.27. The average molecular weight is 221 g/mol. The van der Waals surface area contributed by atoms with Crippen LogP contribution in [-0.4, -0.2) is 33.3 Å². The summed E-state index contributed by atoms with van der Waals surface area (Å²) in [6.07, 6.45) is 3.87. The van der Waals surface area contributed by atoms with Gasteiger partial charge in [-0.2, -0.15) is 0 Å². The Labute approximate surface area is 96.3 Å². The van der Waals surface area contributed by atoms with E-state index in [1.165, 1.54) is 0 Å². The van der Waals surface area contributed by atoms with Gasteiger partial charge in [0.2, 0.25) is 5.95 Å². The maximum absolute atomic E-state index is 10.1. The van der Waals surface area contributed by atoms with Crippen molar-refractivity contribution in [2.45, 2.75) is 45.3 Å². The highest BCUT2D eigenvalue weighted by molar-refractivity contribution is 5.35. The molecule has 0 spiro atoms. The Morgan fingerprint density at radius 2 is 2.25 bits per heavy atom. The number of hydrogen-bond acceptors (Lipinski definition) is 4. The molecule has 16 heavy (non-hydrogen) atoms. The van der Waals surface area contributed by atoms with Gasteiger partial charge in [-0.15, -0.1) is 0 Å². The number of anilines is 1. The molecule has 1 aliphatic heterocycles. The van der Waals surface area contributed by atoms with Crippen LogP contribution in [0.1, 0.15) is 32.4 Å². The second kappa shape index (κ2) is 4.01. The Kier molecular flexibility index (Phi) is 2.84. The molecule has 2 rings (SSSR count). The first-order valence-electron chi connectivity index (χ1n) is 5.77. The lowest BCUT2D eigenvalue weighted by atomic mass is 9.97. The second-order valence-electron chi connectivity index (χ2n) is 5.00. The first kappa shape index (κ1) is 11.3. The molecule has 0 amide bonds. The van der Waals surface area contributed by atoms with Gasteiger partial charge in [0.15, 0.2) is 0 Å². The summed E-state index contributed by atoms with van der Waals surface area (Å²) >= 11 is 0. The average Bonchev–Trinajstić information content (AvgIpc) is 2.65. The fourth-order valence-electron chi connectivity index (χ4n) is 2.31. The van der Waals surface area contributed by atoms with Gasteiger partial charge in [-0.3, -0.25) is 0 Å². The van der Waals surface area contributed by atoms with E-state index in [-0.39, 0.29) is 6.04 Å². The van der Waals surface area contributed by atoms with Gasteiger partial charge < -0.3 is 10.0 Å². The third kappa shape index (κ3) is 2.16. The molecule has 1 saturated heterocycles. The summed E-state index contributed by atoms with van der Waals surface area (Å²) in [6.45, 7) is 6.59. The summed E-state index contributed by atoms with van der Waals surface area (Å²) < 4.78 is 0. The quantitative estimate of drug-likeness (QED) is 0.822. The van der Waals surface area contributed by atoms with Crippen molar-refractivity contribution in [1.82, 2.24) is 9.97 Å². The van der Waals surface area contributed by atoms with Gasteiger partial charge in [0, 0.05) is 18.4 Å². The van der Waals surface area contributed by atoms with Crippen molar-refractivity contribution in [3.8, 4) is 0 Å². The summed E-state index contributed by atoms with van der Waals surface area (Å²) in [5, 5.41) is 10.1. The van der Waals surface area contributed by atoms with Crippen molar-refractivity contribution in [1.29, 1.82) is 0 Å². The molecule has 0 radical (unpaired) electrons. The highest BCUT2D eigenvalue weighted by Crippen LogP contribution is 2.29. The van der Waals surface area contributed by atoms with Gasteiger partial charge in [0.1, 0.15) is 0 Å². The van der Waals surface area contributed by atoms with Crippen LogP contribution in [0.5, 0.6) is 0 Å². The minimum absolute atomic E-state index is 0.120. The van der Waals surface area contributed by atoms with Crippen LogP contribution in [0.25, 0.3) is 0 Å². The van der Waals surface area contributed by atoms with Crippen LogP contribution in [0.3, 0.4) is 0 Å². The molecule has 1 aliphatic rings. The van der Waals surface area contributed by atoms with Gasteiger partial charge in [-0.25, -0.2) is 9.97 Å². The van der Waals surface area contributed by atoms with E-state index in [2.05, 4.69) is 14.9 Å². The molecule has 1 fully saturated rings. The largest absolute Gasteiger partial charge is 0.388 e. The molecule has 1 aromatic heterocycles. The first-order valence-corrected chi connectivity index (χ1v) is 5.77. The van der Waals surface area contributed by atoms with E-state index in [0.717, 1.165) is 31.0 Å². The lowest BCUT2D eigenvalue weighted by Gasteiger charge is -2.33. The number of hydrogen-bond donors (Lipinski definition) is 1. The van der Waals surface area contributed by atoms with E-state index < -0.39 is 5.60 Å². The molecular formula is C12H19N3O. The van der Waals surface area contributed by atoms with Gasteiger partial charge >= 0.3 is 0 Å². The number of aromatic nitrogens is 2. The normalized spacial score (nSPS) is 21.5. The Bertz CT molecular complexity index is 373. The van der Waals surface area contributed by atoms with E-state index in [1.807, 2.05) is 26.8 Å². The lowest BCUT2D eigenvalue weighted by molar-refractivity contribution is 0.0530. The smallest absolute Gasteiger partial charge is 0.225 e. The molecule has 0 unspecified atom stereocenters. The number of aryl methyl sites for hydroxylation is 1. The number of rotatable bonds is 2. The molecule has 4 nitrogen and oxygen atoms in total. The van der Waals surface area contributed by atoms with Crippen LogP contribution in [-0.2, 0) is 0 Å². The number of aliphatic hydroxyl groups is 1. The third-order valence-electron chi connectivity index (χ3n) is 3.11. The fraction of sp³-hybridized carbons (Fsp3) is 0.667. The Hall–Kier alpha value is -1.16. The monoisotopic (exact) mass is 221 g/mol. The maximum atomic E-state index is 10.1. The molecule has 88 valence electrons. The van der Waals surface area contributed by atoms with Crippen LogP contribution in [0.4, 0.5) is 5.95 Å². The predicted octanol–water partition coefficient (Wildman–Crippen LogP) is 1.52. The number of nitrogens with zero attached hydrogens (tertiary/aromatic N) is 3. The summed E-state index contributed by atoms with van der Waals surface area (Å²) in [7, 11) is 0. The van der Waals surface area contributed by atoms with Crippen LogP contribution in [0.2, 0.25) is 0 Å². The first-order chi connectivity index (χ1) is 7.48. The summed E-state index contributed by atoms with van der Waals surface area (Å²) in [6, 6.07) is 2.01. The minimum atomic E-state index is -0.705. The van der Waals surface area contributed by atoms with Gasteiger partial charge in [0.25, 0.3) is 0 Å². The van der Waals surface area contributed by atoms with Crippen LogP contribution in [0.15, 0.2) is 12.3 Å². The molecular weight excluding hydrogens is 202 g/mol. The van der Waals surface area contributed by atoms with Crippen molar-refractivity contribution >= 4 is 5.95 Å². The summed E-state index contributed by atoms with van der Waals surface area (Å²) in [5.41, 5.74) is 0.259. The molecule has 0 bridgehead atoms. The maximum Gasteiger partial charge on any atom is 0.225 e. The molecule has 4 heteroatoms. The topological polar surface area (TPSA) is 49.2 Å². The molecule has 0 aliphatic carbocycles. The zero-order chi connectivity index (χ0) is 11.8. The zero-order valence-electron chi connectivity index (χ0n) is 10.1. The van der Waals surface area contributed by atoms with Crippen molar-refractivity contribution in [3.05, 3.63) is 18.0 Å². The van der Waals surface area contributed by atoms with E-state index in [0.29, 0.717) is 0 Å². The summed E-state index contributed by atoms with van der Waals surface area (Å²) in [5.74, 6) is 0.740. The lowest BCUT2D eigenvalue weighted by Crippen LogP contribution is -2.46. The van der Waals surface area contributed by atoms with E-state index >= 15 is 0 Å². The van der Waals surface area contributed by atoms with Crippen LogP contribution in [0, 0.1) is 6.92 Å². The Morgan fingerprint density at radius 3 is 2.88 bits per heavy atom. The molecule has 1 aromatic rings. The standard InChI is InChI=1S/C12H19N3O/c1-9-6-7-13-11(14-9)15-8-4-5-10(15)12(2,3)16/h6-7,10,16H,4-5,8H2,1-3H3/t10-/m0/s1. The minimum Gasteiger partial charge on any atom is -0.388 e. The van der Waals surface area contributed by atoms with Gasteiger partial charge in [0.05, 0.1) is 11.6 Å². The van der Waals surface area contributed by atoms with E-state index in [4.69, 9.17) is 0 Å². The van der Waals surface area contributed by atoms with Crippen molar-refractivity contribution in [2.24, 2.45) is 0 Å². The zero-order valence-corrected chi connectivity index (χ0v) is 10.1. The molecule has 0 aromatic carbocycles. The van der Waals surface area contributed by atoms with Gasteiger partial charge in [-0.1, -0.05) is 0 Å². The highest BCUT2D eigenvalue weighted by Gasteiger charge is 2.37. The Morgan fingerprint density at radius 1 is 1.50 bits per heavy atom. The van der Waals surface area contributed by atoms with E-state index in [1.54, 1.807) is 6.20 Å². The molecule has 1 N–H and O–H groups in total. The molecule has 1 atom stereocenters. The molecule has 0 saturated carbocycles. The van der Waals surface area contributed by atoms with Crippen LogP contribution < -0.4 is 4.90 Å². The van der Waals surface area contributed by atoms with Gasteiger partial charge in [-0.05, 0) is 39.7 Å².